The topological polar surface area (TPSA) is 123 Å². The number of anilines is 3. The molecule has 0 fully saturated rings. The van der Waals surface area contributed by atoms with Gasteiger partial charge in [0.2, 0.25) is 17.8 Å². The zero-order valence-corrected chi connectivity index (χ0v) is 24.1. The van der Waals surface area contributed by atoms with Gasteiger partial charge in [-0.1, -0.05) is 78.1 Å². The number of aromatic nitrogens is 3. The molecule has 0 atom stereocenters. The Morgan fingerprint density at radius 2 is 1.18 bits per heavy atom. The molecule has 1 rings (SSSR count). The van der Waals surface area contributed by atoms with Crippen LogP contribution in [0.1, 0.15) is 90.9 Å². The summed E-state index contributed by atoms with van der Waals surface area (Å²) in [7, 11) is -2.62. The zero-order chi connectivity index (χ0) is 23.7. The van der Waals surface area contributed by atoms with Gasteiger partial charge in [-0.15, -0.1) is 0 Å². The van der Waals surface area contributed by atoms with Crippen molar-refractivity contribution in [3.63, 3.8) is 0 Å². The molecule has 11 heteroatoms. The maximum atomic E-state index is 11.0. The molecule has 0 aliphatic heterocycles. The summed E-state index contributed by atoms with van der Waals surface area (Å²) >= 11 is 0. The first-order chi connectivity index (χ1) is 15.4. The van der Waals surface area contributed by atoms with Crippen molar-refractivity contribution in [2.45, 2.75) is 90.9 Å². The van der Waals surface area contributed by atoms with Gasteiger partial charge in [-0.3, -0.25) is 0 Å². The van der Waals surface area contributed by atoms with Crippen molar-refractivity contribution in [1.29, 1.82) is 0 Å². The summed E-state index contributed by atoms with van der Waals surface area (Å²) in [5.41, 5.74) is 0. The van der Waals surface area contributed by atoms with Crippen LogP contribution in [0.15, 0.2) is 0 Å². The van der Waals surface area contributed by atoms with Crippen molar-refractivity contribution in [3.05, 3.63) is 0 Å². The van der Waals surface area contributed by atoms with Crippen LogP contribution in [-0.2, 0) is 10.1 Å². The number of rotatable bonds is 20. The minimum atomic E-state index is -4.30. The van der Waals surface area contributed by atoms with Gasteiger partial charge in [0.15, 0.2) is 0 Å². The number of nitrogens with zero attached hydrogens (tertiary/aromatic N) is 4. The molecule has 1 aromatic rings. The SMILES string of the molecule is CCCCCCCCNc1nc(NCCCCCCCC)nc(N(C)CCS(=O)(=O)[O-])n1.[Na+]. The Morgan fingerprint density at radius 3 is 1.61 bits per heavy atom. The first-order valence-electron chi connectivity index (χ1n) is 12.2. The van der Waals surface area contributed by atoms with Crippen molar-refractivity contribution < 1.29 is 42.5 Å². The fourth-order valence-corrected chi connectivity index (χ4v) is 3.75. The van der Waals surface area contributed by atoms with E-state index in [1.165, 1.54) is 51.4 Å². The van der Waals surface area contributed by atoms with E-state index in [2.05, 4.69) is 39.4 Å². The molecule has 0 aromatic carbocycles. The van der Waals surface area contributed by atoms with Crippen LogP contribution in [0.4, 0.5) is 17.8 Å². The molecule has 0 amide bonds. The van der Waals surface area contributed by atoms with Gasteiger partial charge >= 0.3 is 29.6 Å². The van der Waals surface area contributed by atoms with Crippen LogP contribution in [0.5, 0.6) is 0 Å². The maximum absolute atomic E-state index is 11.0. The molecule has 0 radical (unpaired) electrons. The predicted octanol–water partition coefficient (Wildman–Crippen LogP) is 1.40. The minimum absolute atomic E-state index is 0. The maximum Gasteiger partial charge on any atom is 1.00 e. The molecule has 0 unspecified atom stereocenters. The summed E-state index contributed by atoms with van der Waals surface area (Å²) in [5.74, 6) is 0.784. The van der Waals surface area contributed by atoms with E-state index in [0.717, 1.165) is 38.8 Å². The Morgan fingerprint density at radius 1 is 0.758 bits per heavy atom. The fraction of sp³-hybridized carbons (Fsp3) is 0.864. The molecular formula is C22H43N6NaO3S. The van der Waals surface area contributed by atoms with Crippen molar-refractivity contribution in [1.82, 2.24) is 15.0 Å². The molecule has 1 heterocycles. The summed E-state index contributed by atoms with van der Waals surface area (Å²) in [6.45, 7) is 5.99. The van der Waals surface area contributed by atoms with E-state index in [0.29, 0.717) is 17.8 Å². The minimum Gasteiger partial charge on any atom is -0.748 e. The number of hydrogen-bond acceptors (Lipinski definition) is 9. The molecule has 33 heavy (non-hydrogen) atoms. The molecular weight excluding hydrogens is 451 g/mol. The van der Waals surface area contributed by atoms with Crippen molar-refractivity contribution >= 4 is 28.0 Å². The van der Waals surface area contributed by atoms with Crippen LogP contribution in [-0.4, -0.2) is 60.4 Å². The number of unbranched alkanes of at least 4 members (excludes halogenated alkanes) is 10. The third-order valence-electron chi connectivity index (χ3n) is 5.27. The van der Waals surface area contributed by atoms with E-state index in [4.69, 9.17) is 0 Å². The molecule has 2 N–H and O–H groups in total. The third-order valence-corrected chi connectivity index (χ3v) is 5.95. The molecule has 1 aromatic heterocycles. The summed E-state index contributed by atoms with van der Waals surface area (Å²) in [6.07, 6.45) is 14.4. The predicted molar refractivity (Wildman–Crippen MR) is 131 cm³/mol. The van der Waals surface area contributed by atoms with Crippen LogP contribution in [0.2, 0.25) is 0 Å². The smallest absolute Gasteiger partial charge is 0.748 e. The zero-order valence-electron chi connectivity index (χ0n) is 21.2. The Kier molecular flexibility index (Phi) is 19.2. The summed E-state index contributed by atoms with van der Waals surface area (Å²) in [6, 6.07) is 0. The average molecular weight is 495 g/mol. The standard InChI is InChI=1S/C22H44N6O3S.Na/c1-4-6-8-10-12-14-16-23-20-25-21(24-17-15-13-11-9-7-5-2)27-22(26-20)28(3)18-19-32(29,30)31;/h4-19H2,1-3H3,(H,29,30,31)(H2,23,24,25,26,27);/q;+1/p-1. The molecule has 0 aliphatic carbocycles. The van der Waals surface area contributed by atoms with Gasteiger partial charge in [0.05, 0.1) is 15.9 Å². The van der Waals surface area contributed by atoms with Gasteiger partial charge in [-0.25, -0.2) is 8.42 Å². The third kappa shape index (κ3) is 17.4. The van der Waals surface area contributed by atoms with Crippen LogP contribution in [0.25, 0.3) is 0 Å². The second kappa shape index (κ2) is 19.6. The summed E-state index contributed by atoms with van der Waals surface area (Å²) in [4.78, 5) is 14.9. The fourth-order valence-electron chi connectivity index (χ4n) is 3.25. The van der Waals surface area contributed by atoms with E-state index in [9.17, 15) is 13.0 Å². The van der Waals surface area contributed by atoms with E-state index in [1.807, 2.05) is 0 Å². The van der Waals surface area contributed by atoms with Gasteiger partial charge in [-0.2, -0.15) is 15.0 Å². The Bertz CT molecular complexity index is 688. The molecule has 0 saturated carbocycles. The van der Waals surface area contributed by atoms with Gasteiger partial charge < -0.3 is 20.1 Å². The number of nitrogens with one attached hydrogen (secondary N) is 2. The monoisotopic (exact) mass is 494 g/mol. The second-order valence-corrected chi connectivity index (χ2v) is 9.88. The van der Waals surface area contributed by atoms with Crippen LogP contribution in [0, 0.1) is 0 Å². The van der Waals surface area contributed by atoms with Gasteiger partial charge in [0, 0.05) is 26.7 Å². The van der Waals surface area contributed by atoms with Crippen molar-refractivity contribution in [2.75, 3.05) is 48.0 Å². The first kappa shape index (κ1) is 32.3. The second-order valence-electron chi connectivity index (χ2n) is 8.36. The van der Waals surface area contributed by atoms with E-state index in [1.54, 1.807) is 11.9 Å². The quantitative estimate of drug-likeness (QED) is 0.157. The van der Waals surface area contributed by atoms with E-state index < -0.39 is 15.9 Å². The normalized spacial score (nSPS) is 11.2. The summed E-state index contributed by atoms with van der Waals surface area (Å²) in [5, 5.41) is 6.52. The number of hydrogen-bond donors (Lipinski definition) is 2. The van der Waals surface area contributed by atoms with Gasteiger partial charge in [-0.05, 0) is 12.8 Å². The molecule has 0 bridgehead atoms. The summed E-state index contributed by atoms with van der Waals surface area (Å²) < 4.78 is 32.9. The molecule has 0 saturated heterocycles. The Balaban J connectivity index is 0.0000102. The van der Waals surface area contributed by atoms with Gasteiger partial charge in [0.25, 0.3) is 0 Å². The first-order valence-corrected chi connectivity index (χ1v) is 13.8. The van der Waals surface area contributed by atoms with Crippen molar-refractivity contribution in [3.8, 4) is 0 Å². The van der Waals surface area contributed by atoms with Gasteiger partial charge in [0.1, 0.15) is 0 Å². The Hall–Kier alpha value is -0.680. The average Bonchev–Trinajstić information content (AvgIpc) is 2.75. The Labute approximate surface area is 223 Å². The largest absolute Gasteiger partial charge is 1.00 e. The van der Waals surface area contributed by atoms with E-state index >= 15 is 0 Å². The molecule has 0 aliphatic rings. The molecule has 186 valence electrons. The van der Waals surface area contributed by atoms with E-state index in [-0.39, 0.29) is 36.1 Å². The van der Waals surface area contributed by atoms with Crippen LogP contribution >= 0.6 is 0 Å². The van der Waals surface area contributed by atoms with Crippen LogP contribution in [0.3, 0.4) is 0 Å². The van der Waals surface area contributed by atoms with Crippen molar-refractivity contribution in [2.24, 2.45) is 0 Å². The van der Waals surface area contributed by atoms with Crippen LogP contribution < -0.4 is 45.1 Å². The molecule has 0 spiro atoms. The molecule has 9 nitrogen and oxygen atoms in total.